The third-order valence-electron chi connectivity index (χ3n) is 1.34. The first-order valence-electron chi connectivity index (χ1n) is 3.79. The van der Waals surface area contributed by atoms with Gasteiger partial charge >= 0.3 is 63.8 Å². The van der Waals surface area contributed by atoms with E-state index in [2.05, 4.69) is 25.7 Å². The molecule has 0 aromatic carbocycles. The van der Waals surface area contributed by atoms with E-state index in [1.807, 2.05) is 0 Å². The molecule has 0 aromatic heterocycles. The van der Waals surface area contributed by atoms with Gasteiger partial charge in [-0.3, -0.25) is 0 Å². The van der Waals surface area contributed by atoms with Gasteiger partial charge in [0.05, 0.1) is 0 Å². The Morgan fingerprint density at radius 3 is 0.857 bits per heavy atom. The molecule has 0 N–H and O–H groups in total. The quantitative estimate of drug-likeness (QED) is 0.488. The molecule has 0 saturated heterocycles. The standard InChI is InChI=1S/C6H15N.6ClH.Pt/c1-4-7(5-2)6-3;;;;;;;/h4-6H2,1-3H3;6*1H;/q;;;;;;;+6/p-6. The maximum absolute atomic E-state index is 5.29. The van der Waals surface area contributed by atoms with E-state index in [9.17, 15) is 0 Å². The van der Waals surface area contributed by atoms with Crippen LogP contribution in [0.5, 0.6) is 0 Å². The third kappa shape index (κ3) is 36.7. The fourth-order valence-corrected chi connectivity index (χ4v) is 0.671. The molecule has 0 aromatic rings. The average Bonchev–Trinajstić information content (AvgIpc) is 1.84. The second-order valence-corrected chi connectivity index (χ2v) is 51.5. The van der Waals surface area contributed by atoms with Crippen LogP contribution in [0.4, 0.5) is 0 Å². The van der Waals surface area contributed by atoms with Crippen molar-refractivity contribution in [3.05, 3.63) is 0 Å². The van der Waals surface area contributed by atoms with E-state index in [-0.39, 0.29) is 0 Å². The summed E-state index contributed by atoms with van der Waals surface area (Å²) < 4.78 is 0. The SMILES string of the molecule is CCN(CC)CC.[Cl][Pt]([Cl])([Cl])([Cl])([Cl])[Cl]. The molecule has 0 radical (unpaired) electrons. The summed E-state index contributed by atoms with van der Waals surface area (Å²) in [6.45, 7) is 10.1. The summed E-state index contributed by atoms with van der Waals surface area (Å²) in [5, 5.41) is 0. The van der Waals surface area contributed by atoms with Gasteiger partial charge in [-0.15, -0.1) is 0 Å². The van der Waals surface area contributed by atoms with Crippen LogP contribution in [-0.4, -0.2) is 24.5 Å². The van der Waals surface area contributed by atoms with Crippen LogP contribution >= 0.6 is 56.5 Å². The van der Waals surface area contributed by atoms with Crippen LogP contribution in [0.1, 0.15) is 20.8 Å². The second-order valence-electron chi connectivity index (χ2n) is 2.30. The number of hydrogen-bond acceptors (Lipinski definition) is 1. The zero-order chi connectivity index (χ0) is 12.1. The van der Waals surface area contributed by atoms with Gasteiger partial charge < -0.3 is 4.90 Å². The van der Waals surface area contributed by atoms with Gasteiger partial charge in [0, 0.05) is 0 Å². The molecule has 96 valence electrons. The van der Waals surface area contributed by atoms with Gasteiger partial charge in [0.2, 0.25) is 0 Å². The minimum atomic E-state index is -5.29. The van der Waals surface area contributed by atoms with Crippen LogP contribution in [-0.2, 0) is 7.31 Å². The van der Waals surface area contributed by atoms with E-state index in [0.717, 1.165) is 0 Å². The molecular weight excluding hydrogens is 494 g/mol. The molecule has 0 aliphatic heterocycles. The van der Waals surface area contributed by atoms with E-state index in [0.29, 0.717) is 0 Å². The molecule has 0 aliphatic carbocycles. The molecule has 0 aliphatic rings. The number of nitrogens with zero attached hydrogens (tertiary/aromatic N) is 1. The predicted molar refractivity (Wildman–Crippen MR) is 68.6 cm³/mol. The van der Waals surface area contributed by atoms with Gasteiger partial charge in [-0.25, -0.2) is 0 Å². The summed E-state index contributed by atoms with van der Waals surface area (Å²) in [6.07, 6.45) is 0. The molecular formula is C6H15Cl6NPt. The van der Waals surface area contributed by atoms with Crippen molar-refractivity contribution in [3.63, 3.8) is 0 Å². The molecule has 0 amide bonds. The first-order chi connectivity index (χ1) is 5.80. The monoisotopic (exact) mass is 506 g/mol. The van der Waals surface area contributed by atoms with E-state index >= 15 is 0 Å². The molecule has 14 heavy (non-hydrogen) atoms. The van der Waals surface area contributed by atoms with Crippen LogP contribution in [0.2, 0.25) is 0 Å². The van der Waals surface area contributed by atoms with Crippen molar-refractivity contribution in [2.75, 3.05) is 19.6 Å². The van der Waals surface area contributed by atoms with Crippen LogP contribution < -0.4 is 0 Å². The Hall–Kier alpha value is 2.39. The van der Waals surface area contributed by atoms with Crippen LogP contribution in [0, 0.1) is 0 Å². The van der Waals surface area contributed by atoms with Gasteiger partial charge in [0.1, 0.15) is 0 Å². The van der Waals surface area contributed by atoms with Gasteiger partial charge in [-0.05, 0) is 19.6 Å². The Balaban J connectivity index is 0. The zero-order valence-corrected chi connectivity index (χ0v) is 15.0. The minimum absolute atomic E-state index is 1.19. The molecule has 0 heterocycles. The van der Waals surface area contributed by atoms with E-state index in [1.165, 1.54) is 19.6 Å². The Bertz CT molecular complexity index is 139. The Morgan fingerprint density at radius 1 is 0.714 bits per heavy atom. The van der Waals surface area contributed by atoms with E-state index in [1.54, 1.807) is 0 Å². The fourth-order valence-electron chi connectivity index (χ4n) is 0.671. The number of hydrogen-bond donors (Lipinski definition) is 0. The molecule has 0 unspecified atom stereocenters. The van der Waals surface area contributed by atoms with Crippen LogP contribution in [0.3, 0.4) is 0 Å². The summed E-state index contributed by atoms with van der Waals surface area (Å²) in [5.74, 6) is 0. The summed E-state index contributed by atoms with van der Waals surface area (Å²) in [5.41, 5.74) is 0. The van der Waals surface area contributed by atoms with Gasteiger partial charge in [0.15, 0.2) is 0 Å². The average molecular weight is 509 g/mol. The summed E-state index contributed by atoms with van der Waals surface area (Å²) in [4.78, 5) is 2.38. The van der Waals surface area contributed by atoms with E-state index < -0.39 is 7.31 Å². The van der Waals surface area contributed by atoms with Crippen molar-refractivity contribution in [3.8, 4) is 0 Å². The summed E-state index contributed by atoms with van der Waals surface area (Å²) in [7, 11) is 25.0. The van der Waals surface area contributed by atoms with Crippen LogP contribution in [0.25, 0.3) is 0 Å². The molecule has 0 spiro atoms. The van der Waals surface area contributed by atoms with Crippen molar-refractivity contribution in [2.24, 2.45) is 0 Å². The second kappa shape index (κ2) is 5.82. The van der Waals surface area contributed by atoms with Crippen molar-refractivity contribution < 1.29 is 7.31 Å². The van der Waals surface area contributed by atoms with Crippen molar-refractivity contribution in [2.45, 2.75) is 20.8 Å². The predicted octanol–water partition coefficient (Wildman–Crippen LogP) is 5.48. The molecule has 0 saturated carbocycles. The Kier molecular flexibility index (Phi) is 7.80. The Labute approximate surface area is 108 Å². The number of halogens is 6. The molecule has 0 atom stereocenters. The first kappa shape index (κ1) is 18.7. The maximum atomic E-state index is 5.05. The van der Waals surface area contributed by atoms with Crippen molar-refractivity contribution in [1.29, 1.82) is 0 Å². The molecule has 8 heteroatoms. The summed E-state index contributed by atoms with van der Waals surface area (Å²) in [6, 6.07) is 0. The van der Waals surface area contributed by atoms with Crippen molar-refractivity contribution >= 4 is 56.5 Å². The number of rotatable bonds is 3. The topological polar surface area (TPSA) is 3.24 Å². The molecule has 0 rings (SSSR count). The van der Waals surface area contributed by atoms with E-state index in [4.69, 9.17) is 56.5 Å². The van der Waals surface area contributed by atoms with Gasteiger partial charge in [0.25, 0.3) is 0 Å². The fraction of sp³-hybridized carbons (Fsp3) is 1.00. The van der Waals surface area contributed by atoms with Gasteiger partial charge in [-0.2, -0.15) is 0 Å². The molecule has 0 bridgehead atoms. The molecule has 1 nitrogen and oxygen atoms in total. The third-order valence-corrected chi connectivity index (χ3v) is 1.34. The van der Waals surface area contributed by atoms with Crippen molar-refractivity contribution in [1.82, 2.24) is 4.90 Å². The van der Waals surface area contributed by atoms with Gasteiger partial charge in [-0.1, -0.05) is 20.8 Å². The zero-order valence-electron chi connectivity index (χ0n) is 8.15. The molecule has 0 fully saturated rings. The Morgan fingerprint density at radius 2 is 0.857 bits per heavy atom. The first-order valence-corrected chi connectivity index (χ1v) is 20.7. The van der Waals surface area contributed by atoms with Crippen LogP contribution in [0.15, 0.2) is 0 Å². The summed E-state index contributed by atoms with van der Waals surface area (Å²) >= 11 is 0. The normalized spacial score (nSPS) is 16.7.